The van der Waals surface area contributed by atoms with Gasteiger partial charge in [-0.2, -0.15) is 0 Å². The highest BCUT2D eigenvalue weighted by Gasteiger charge is 2.27. The Labute approximate surface area is 102 Å². The Bertz CT molecular complexity index is 182. The average Bonchev–Trinajstić information content (AvgIpc) is 2.74. The molecular weight excluding hydrogens is 196 g/mol. The lowest BCUT2D eigenvalue weighted by Gasteiger charge is -2.32. The molecule has 2 nitrogen and oxygen atoms in total. The second kappa shape index (κ2) is 7.29. The Morgan fingerprint density at radius 1 is 1.31 bits per heavy atom. The van der Waals surface area contributed by atoms with Crippen molar-refractivity contribution in [2.45, 2.75) is 77.9 Å². The first-order chi connectivity index (χ1) is 7.69. The molecular formula is C14H30N2. The molecule has 0 aliphatic carbocycles. The normalized spacial score (nSPS) is 25.9. The number of hydrogen-bond donors (Lipinski definition) is 1. The molecule has 1 N–H and O–H groups in total. The van der Waals surface area contributed by atoms with E-state index in [9.17, 15) is 0 Å². The summed E-state index contributed by atoms with van der Waals surface area (Å²) in [6, 6.07) is 2.26. The van der Waals surface area contributed by atoms with Crippen LogP contribution in [0.4, 0.5) is 0 Å². The standard InChI is InChI=1S/C14H30N2/c1-5-9-15-12(3)11-13(4)16-10-7-8-14(16)6-2/h12-15H,5-11H2,1-4H3. The molecule has 3 atom stereocenters. The highest BCUT2D eigenvalue weighted by atomic mass is 15.2. The zero-order valence-corrected chi connectivity index (χ0v) is 11.6. The van der Waals surface area contributed by atoms with Crippen molar-refractivity contribution < 1.29 is 0 Å². The fourth-order valence-electron chi connectivity index (χ4n) is 3.00. The molecule has 2 heteroatoms. The van der Waals surface area contributed by atoms with E-state index < -0.39 is 0 Å². The molecule has 1 heterocycles. The molecule has 0 aromatic heterocycles. The van der Waals surface area contributed by atoms with Crippen LogP contribution in [0.25, 0.3) is 0 Å². The summed E-state index contributed by atoms with van der Waals surface area (Å²) in [7, 11) is 0. The molecule has 0 aromatic carbocycles. The monoisotopic (exact) mass is 226 g/mol. The molecule has 0 saturated carbocycles. The maximum Gasteiger partial charge on any atom is 0.00959 e. The van der Waals surface area contributed by atoms with Crippen molar-refractivity contribution in [1.29, 1.82) is 0 Å². The van der Waals surface area contributed by atoms with Crippen molar-refractivity contribution in [2.75, 3.05) is 13.1 Å². The fraction of sp³-hybridized carbons (Fsp3) is 1.00. The predicted octanol–water partition coefficient (Wildman–Crippen LogP) is 3.03. The number of likely N-dealkylation sites (tertiary alicyclic amines) is 1. The van der Waals surface area contributed by atoms with Crippen LogP contribution in [0.5, 0.6) is 0 Å². The summed E-state index contributed by atoms with van der Waals surface area (Å²) in [5, 5.41) is 3.59. The summed E-state index contributed by atoms with van der Waals surface area (Å²) >= 11 is 0. The minimum absolute atomic E-state index is 0.660. The first-order valence-electron chi connectivity index (χ1n) is 7.18. The Morgan fingerprint density at radius 3 is 2.69 bits per heavy atom. The van der Waals surface area contributed by atoms with Gasteiger partial charge in [-0.1, -0.05) is 13.8 Å². The van der Waals surface area contributed by atoms with Crippen LogP contribution < -0.4 is 5.32 Å². The van der Waals surface area contributed by atoms with Crippen LogP contribution in [0.2, 0.25) is 0 Å². The Balaban J connectivity index is 2.30. The van der Waals surface area contributed by atoms with Gasteiger partial charge in [-0.25, -0.2) is 0 Å². The van der Waals surface area contributed by atoms with Gasteiger partial charge in [-0.3, -0.25) is 4.90 Å². The summed E-state index contributed by atoms with van der Waals surface area (Å²) in [6.45, 7) is 11.8. The van der Waals surface area contributed by atoms with Crippen LogP contribution >= 0.6 is 0 Å². The molecule has 1 aliphatic heterocycles. The molecule has 1 rings (SSSR count). The smallest absolute Gasteiger partial charge is 0.00959 e. The zero-order chi connectivity index (χ0) is 12.0. The van der Waals surface area contributed by atoms with Gasteiger partial charge < -0.3 is 5.32 Å². The van der Waals surface area contributed by atoms with Crippen LogP contribution in [0.1, 0.15) is 59.8 Å². The molecule has 0 aromatic rings. The highest BCUT2D eigenvalue weighted by molar-refractivity contribution is 4.83. The molecule has 1 aliphatic rings. The molecule has 3 unspecified atom stereocenters. The second-order valence-electron chi connectivity index (χ2n) is 5.38. The van der Waals surface area contributed by atoms with Gasteiger partial charge in [0.2, 0.25) is 0 Å². The largest absolute Gasteiger partial charge is 0.314 e. The molecule has 1 saturated heterocycles. The topological polar surface area (TPSA) is 15.3 Å². The van der Waals surface area contributed by atoms with E-state index in [4.69, 9.17) is 0 Å². The van der Waals surface area contributed by atoms with Crippen molar-refractivity contribution in [3.8, 4) is 0 Å². The van der Waals surface area contributed by atoms with E-state index >= 15 is 0 Å². The summed E-state index contributed by atoms with van der Waals surface area (Å²) in [6.07, 6.45) is 6.66. The molecule has 0 bridgehead atoms. The summed E-state index contributed by atoms with van der Waals surface area (Å²) in [4.78, 5) is 2.73. The fourth-order valence-corrected chi connectivity index (χ4v) is 3.00. The number of rotatable bonds is 7. The third-order valence-corrected chi connectivity index (χ3v) is 3.90. The number of nitrogens with zero attached hydrogens (tertiary/aromatic N) is 1. The lowest BCUT2D eigenvalue weighted by molar-refractivity contribution is 0.169. The van der Waals surface area contributed by atoms with E-state index in [0.717, 1.165) is 18.6 Å². The number of hydrogen-bond acceptors (Lipinski definition) is 2. The molecule has 0 radical (unpaired) electrons. The maximum absolute atomic E-state index is 3.59. The van der Waals surface area contributed by atoms with Crippen LogP contribution in [0.15, 0.2) is 0 Å². The highest BCUT2D eigenvalue weighted by Crippen LogP contribution is 2.24. The first kappa shape index (κ1) is 14.0. The zero-order valence-electron chi connectivity index (χ0n) is 11.6. The number of nitrogens with one attached hydrogen (secondary N) is 1. The molecule has 16 heavy (non-hydrogen) atoms. The van der Waals surface area contributed by atoms with Gasteiger partial charge in [-0.05, 0) is 59.0 Å². The van der Waals surface area contributed by atoms with E-state index in [1.165, 1.54) is 38.6 Å². The van der Waals surface area contributed by atoms with Gasteiger partial charge in [0.25, 0.3) is 0 Å². The van der Waals surface area contributed by atoms with E-state index in [1.807, 2.05) is 0 Å². The van der Waals surface area contributed by atoms with Crippen LogP contribution in [0.3, 0.4) is 0 Å². The lowest BCUT2D eigenvalue weighted by atomic mass is 10.1. The second-order valence-corrected chi connectivity index (χ2v) is 5.38. The minimum Gasteiger partial charge on any atom is -0.314 e. The first-order valence-corrected chi connectivity index (χ1v) is 7.18. The summed E-state index contributed by atoms with van der Waals surface area (Å²) < 4.78 is 0. The lowest BCUT2D eigenvalue weighted by Crippen LogP contribution is -2.41. The predicted molar refractivity (Wildman–Crippen MR) is 71.9 cm³/mol. The van der Waals surface area contributed by atoms with Crippen LogP contribution in [-0.2, 0) is 0 Å². The summed E-state index contributed by atoms with van der Waals surface area (Å²) in [5.41, 5.74) is 0. The minimum atomic E-state index is 0.660. The average molecular weight is 226 g/mol. The quantitative estimate of drug-likeness (QED) is 0.718. The molecule has 0 amide bonds. The van der Waals surface area contributed by atoms with Crippen molar-refractivity contribution >= 4 is 0 Å². The van der Waals surface area contributed by atoms with Gasteiger partial charge in [-0.15, -0.1) is 0 Å². The molecule has 0 spiro atoms. The Morgan fingerprint density at radius 2 is 2.06 bits per heavy atom. The third-order valence-electron chi connectivity index (χ3n) is 3.90. The van der Waals surface area contributed by atoms with Gasteiger partial charge in [0.15, 0.2) is 0 Å². The van der Waals surface area contributed by atoms with Crippen LogP contribution in [-0.4, -0.2) is 36.1 Å². The van der Waals surface area contributed by atoms with Crippen LogP contribution in [0, 0.1) is 0 Å². The van der Waals surface area contributed by atoms with Crippen molar-refractivity contribution in [3.05, 3.63) is 0 Å². The van der Waals surface area contributed by atoms with E-state index in [2.05, 4.69) is 37.9 Å². The molecule has 96 valence electrons. The maximum atomic E-state index is 3.59. The van der Waals surface area contributed by atoms with Crippen molar-refractivity contribution in [2.24, 2.45) is 0 Å². The van der Waals surface area contributed by atoms with Crippen molar-refractivity contribution in [1.82, 2.24) is 10.2 Å². The van der Waals surface area contributed by atoms with Gasteiger partial charge >= 0.3 is 0 Å². The van der Waals surface area contributed by atoms with E-state index in [-0.39, 0.29) is 0 Å². The molecule has 1 fully saturated rings. The summed E-state index contributed by atoms with van der Waals surface area (Å²) in [5.74, 6) is 0. The van der Waals surface area contributed by atoms with Crippen molar-refractivity contribution in [3.63, 3.8) is 0 Å². The van der Waals surface area contributed by atoms with Gasteiger partial charge in [0.05, 0.1) is 0 Å². The van der Waals surface area contributed by atoms with Gasteiger partial charge in [0.1, 0.15) is 0 Å². The third kappa shape index (κ3) is 4.06. The van der Waals surface area contributed by atoms with Gasteiger partial charge in [0, 0.05) is 18.1 Å². The Hall–Kier alpha value is -0.0800. The van der Waals surface area contributed by atoms with E-state index in [0.29, 0.717) is 6.04 Å². The van der Waals surface area contributed by atoms with E-state index in [1.54, 1.807) is 0 Å². The Kier molecular flexibility index (Phi) is 6.37. The SMILES string of the molecule is CCCNC(C)CC(C)N1CCCC1CC.